The van der Waals surface area contributed by atoms with Gasteiger partial charge in [-0.15, -0.1) is 0 Å². The number of Topliss-reactive ketones (excluding diaryl/α,β-unsaturated/α-hetero) is 1. The van der Waals surface area contributed by atoms with Crippen LogP contribution in [0.1, 0.15) is 37.0 Å². The Morgan fingerprint density at radius 3 is 2.24 bits per heavy atom. The molecule has 0 aromatic heterocycles. The van der Waals surface area contributed by atoms with Gasteiger partial charge < -0.3 is 5.32 Å². The molecule has 1 aromatic carbocycles. The summed E-state index contributed by atoms with van der Waals surface area (Å²) in [7, 11) is 0. The van der Waals surface area contributed by atoms with Crippen molar-refractivity contribution < 1.29 is 9.59 Å². The summed E-state index contributed by atoms with van der Waals surface area (Å²) >= 11 is 0. The van der Waals surface area contributed by atoms with Gasteiger partial charge in [0.25, 0.3) is 0 Å². The Morgan fingerprint density at radius 2 is 1.71 bits per heavy atom. The fourth-order valence-corrected chi connectivity index (χ4v) is 1.70. The number of hydrogen-bond acceptors (Lipinski definition) is 2. The highest BCUT2D eigenvalue weighted by molar-refractivity contribution is 5.99. The lowest BCUT2D eigenvalue weighted by Crippen LogP contribution is -2.34. The van der Waals surface area contributed by atoms with E-state index in [0.717, 1.165) is 12.8 Å². The van der Waals surface area contributed by atoms with E-state index in [2.05, 4.69) is 5.32 Å². The minimum atomic E-state index is -0.0510. The van der Waals surface area contributed by atoms with Crippen LogP contribution in [0.3, 0.4) is 0 Å². The zero-order chi connectivity index (χ0) is 12.7. The highest BCUT2D eigenvalue weighted by Gasteiger charge is 2.15. The van der Waals surface area contributed by atoms with E-state index in [1.807, 2.05) is 32.0 Å². The van der Waals surface area contributed by atoms with Crippen LogP contribution in [0.25, 0.3) is 0 Å². The lowest BCUT2D eigenvalue weighted by Gasteiger charge is -2.12. The summed E-state index contributed by atoms with van der Waals surface area (Å²) in [5.74, 6) is -0.0669. The van der Waals surface area contributed by atoms with Crippen molar-refractivity contribution in [2.24, 2.45) is 5.92 Å². The smallest absolute Gasteiger partial charge is 0.223 e. The zero-order valence-corrected chi connectivity index (χ0v) is 10.4. The summed E-state index contributed by atoms with van der Waals surface area (Å²) in [5, 5.41) is 2.69. The van der Waals surface area contributed by atoms with Crippen molar-refractivity contribution in [1.82, 2.24) is 5.32 Å². The van der Waals surface area contributed by atoms with Gasteiger partial charge in [0.15, 0.2) is 5.78 Å². The number of carbonyl (C=O) groups excluding carboxylic acids is 2. The van der Waals surface area contributed by atoms with Crippen LogP contribution in [0.4, 0.5) is 0 Å². The molecule has 0 aliphatic heterocycles. The van der Waals surface area contributed by atoms with E-state index < -0.39 is 0 Å². The number of rotatable bonds is 6. The largest absolute Gasteiger partial charge is 0.348 e. The van der Waals surface area contributed by atoms with E-state index in [9.17, 15) is 9.59 Å². The normalized spacial score (nSPS) is 10.3. The Labute approximate surface area is 102 Å². The molecule has 1 N–H and O–H groups in total. The number of nitrogens with one attached hydrogen (secondary N) is 1. The minimum Gasteiger partial charge on any atom is -0.348 e. The quantitative estimate of drug-likeness (QED) is 0.767. The minimum absolute atomic E-state index is 0.0126. The molecule has 3 nitrogen and oxygen atoms in total. The van der Waals surface area contributed by atoms with E-state index in [-0.39, 0.29) is 24.2 Å². The summed E-state index contributed by atoms with van der Waals surface area (Å²) in [6.07, 6.45) is 1.61. The van der Waals surface area contributed by atoms with E-state index in [1.54, 1.807) is 12.1 Å². The van der Waals surface area contributed by atoms with E-state index in [1.165, 1.54) is 0 Å². The van der Waals surface area contributed by atoms with Crippen LogP contribution < -0.4 is 5.32 Å². The first-order valence-electron chi connectivity index (χ1n) is 6.05. The molecule has 92 valence electrons. The molecule has 1 rings (SSSR count). The average molecular weight is 233 g/mol. The second kappa shape index (κ2) is 6.84. The predicted molar refractivity (Wildman–Crippen MR) is 67.9 cm³/mol. The van der Waals surface area contributed by atoms with Crippen molar-refractivity contribution in [3.8, 4) is 0 Å². The van der Waals surface area contributed by atoms with Crippen LogP contribution >= 0.6 is 0 Å². The monoisotopic (exact) mass is 233 g/mol. The standard InChI is InChI=1S/C14H19NO2/c1-3-11(4-2)14(17)15-10-13(16)12-8-6-5-7-9-12/h5-9,11H,3-4,10H2,1-2H3,(H,15,17). The van der Waals surface area contributed by atoms with Crippen LogP contribution in [0.15, 0.2) is 30.3 Å². The van der Waals surface area contributed by atoms with Gasteiger partial charge in [-0.3, -0.25) is 9.59 Å². The molecule has 0 atom stereocenters. The summed E-state index contributed by atoms with van der Waals surface area (Å²) in [4.78, 5) is 23.4. The Balaban J connectivity index is 2.46. The van der Waals surface area contributed by atoms with Gasteiger partial charge in [-0.2, -0.15) is 0 Å². The fourth-order valence-electron chi connectivity index (χ4n) is 1.70. The number of ketones is 1. The van der Waals surface area contributed by atoms with Gasteiger partial charge in [0.05, 0.1) is 6.54 Å². The SMILES string of the molecule is CCC(CC)C(=O)NCC(=O)c1ccccc1. The van der Waals surface area contributed by atoms with Gasteiger partial charge in [0, 0.05) is 11.5 Å². The van der Waals surface area contributed by atoms with E-state index in [4.69, 9.17) is 0 Å². The van der Waals surface area contributed by atoms with Crippen molar-refractivity contribution in [1.29, 1.82) is 0 Å². The molecule has 0 aliphatic rings. The van der Waals surface area contributed by atoms with Crippen LogP contribution in [0.5, 0.6) is 0 Å². The van der Waals surface area contributed by atoms with Gasteiger partial charge >= 0.3 is 0 Å². The zero-order valence-electron chi connectivity index (χ0n) is 10.4. The van der Waals surface area contributed by atoms with Crippen molar-refractivity contribution in [3.05, 3.63) is 35.9 Å². The second-order valence-corrected chi connectivity index (χ2v) is 4.02. The van der Waals surface area contributed by atoms with Gasteiger partial charge in [-0.05, 0) is 12.8 Å². The molecule has 0 unspecified atom stereocenters. The fraction of sp³-hybridized carbons (Fsp3) is 0.429. The third-order valence-corrected chi connectivity index (χ3v) is 2.88. The molecule has 0 radical (unpaired) electrons. The highest BCUT2D eigenvalue weighted by atomic mass is 16.2. The van der Waals surface area contributed by atoms with Gasteiger partial charge in [-0.1, -0.05) is 44.2 Å². The molecule has 0 saturated heterocycles. The second-order valence-electron chi connectivity index (χ2n) is 4.02. The molecule has 0 fully saturated rings. The molecule has 0 aliphatic carbocycles. The summed E-state index contributed by atoms with van der Waals surface area (Å²) < 4.78 is 0. The topological polar surface area (TPSA) is 46.2 Å². The third-order valence-electron chi connectivity index (χ3n) is 2.88. The summed E-state index contributed by atoms with van der Waals surface area (Å²) in [6, 6.07) is 9.00. The maximum Gasteiger partial charge on any atom is 0.223 e. The van der Waals surface area contributed by atoms with Crippen molar-refractivity contribution in [2.45, 2.75) is 26.7 Å². The lowest BCUT2D eigenvalue weighted by molar-refractivity contribution is -0.125. The number of benzene rings is 1. The maximum absolute atomic E-state index is 11.7. The van der Waals surface area contributed by atoms with Crippen molar-refractivity contribution >= 4 is 11.7 Å². The molecule has 0 bridgehead atoms. The lowest BCUT2D eigenvalue weighted by atomic mass is 10.0. The molecule has 1 amide bonds. The molecule has 17 heavy (non-hydrogen) atoms. The van der Waals surface area contributed by atoms with E-state index in [0.29, 0.717) is 5.56 Å². The molecule has 3 heteroatoms. The molecule has 0 spiro atoms. The van der Waals surface area contributed by atoms with Gasteiger partial charge in [0.1, 0.15) is 0 Å². The van der Waals surface area contributed by atoms with Crippen LogP contribution in [-0.4, -0.2) is 18.2 Å². The molecule has 0 saturated carbocycles. The van der Waals surface area contributed by atoms with E-state index >= 15 is 0 Å². The number of carbonyl (C=O) groups is 2. The first-order chi connectivity index (χ1) is 8.19. The molecule has 1 aromatic rings. The predicted octanol–water partition coefficient (Wildman–Crippen LogP) is 2.42. The summed E-state index contributed by atoms with van der Waals surface area (Å²) in [5.41, 5.74) is 0.636. The first kappa shape index (κ1) is 13.4. The molecular weight excluding hydrogens is 214 g/mol. The maximum atomic E-state index is 11.7. The first-order valence-corrected chi connectivity index (χ1v) is 6.05. The Hall–Kier alpha value is -1.64. The summed E-state index contributed by atoms with van der Waals surface area (Å²) in [6.45, 7) is 4.04. The average Bonchev–Trinajstić information content (AvgIpc) is 2.38. The van der Waals surface area contributed by atoms with Crippen LogP contribution in [0.2, 0.25) is 0 Å². The third kappa shape index (κ3) is 4.02. The molecule has 0 heterocycles. The van der Waals surface area contributed by atoms with Gasteiger partial charge in [-0.25, -0.2) is 0 Å². The molecular formula is C14H19NO2. The number of hydrogen-bond donors (Lipinski definition) is 1. The Kier molecular flexibility index (Phi) is 5.40. The Morgan fingerprint density at radius 1 is 1.12 bits per heavy atom. The van der Waals surface area contributed by atoms with Crippen LogP contribution in [0, 0.1) is 5.92 Å². The van der Waals surface area contributed by atoms with Crippen molar-refractivity contribution in [2.75, 3.05) is 6.54 Å². The highest BCUT2D eigenvalue weighted by Crippen LogP contribution is 2.07. The van der Waals surface area contributed by atoms with Crippen molar-refractivity contribution in [3.63, 3.8) is 0 Å². The van der Waals surface area contributed by atoms with Gasteiger partial charge in [0.2, 0.25) is 5.91 Å². The van der Waals surface area contributed by atoms with Crippen LogP contribution in [-0.2, 0) is 4.79 Å². The Bertz CT molecular complexity index is 369. The number of amides is 1.